The van der Waals surface area contributed by atoms with Crippen molar-refractivity contribution in [1.29, 1.82) is 0 Å². The molecule has 0 aromatic heterocycles. The Kier molecular flexibility index (Phi) is 11.3. The summed E-state index contributed by atoms with van der Waals surface area (Å²) in [5.74, 6) is -1.88. The van der Waals surface area contributed by atoms with Gasteiger partial charge in [-0.3, -0.25) is 0 Å². The van der Waals surface area contributed by atoms with Gasteiger partial charge in [-0.25, -0.2) is 0 Å². The second-order valence-corrected chi connectivity index (χ2v) is 12.7. The van der Waals surface area contributed by atoms with Gasteiger partial charge in [0.1, 0.15) is 72.6 Å². The molecule has 0 spiro atoms. The number of allylic oxidation sites excluding steroid dienone is 2. The lowest BCUT2D eigenvalue weighted by Gasteiger charge is -2.44. The number of aliphatic hydroxyl groups excluding tert-OH is 11. The number of aliphatic hydroxyl groups is 13. The van der Waals surface area contributed by atoms with Crippen LogP contribution in [0.3, 0.4) is 0 Å². The van der Waals surface area contributed by atoms with E-state index >= 15 is 0 Å². The third-order valence-electron chi connectivity index (χ3n) is 9.15. The first-order chi connectivity index (χ1) is 24.7. The van der Waals surface area contributed by atoms with Crippen molar-refractivity contribution in [3.8, 4) is 11.5 Å². The minimum Gasteiger partial charge on any atom is -0.571 e. The number of phenolic OH excluding ortho intramolecular Hbond substituents is 2. The maximum Gasteiger partial charge on any atom is 0.305 e. The highest BCUT2D eigenvalue weighted by molar-refractivity contribution is 5.69. The van der Waals surface area contributed by atoms with Gasteiger partial charge >= 0.3 is 5.76 Å². The summed E-state index contributed by atoms with van der Waals surface area (Å²) < 4.78 is 38.9. The average Bonchev–Trinajstić information content (AvgIpc) is 3.12. The molecule has 1 aliphatic carbocycles. The van der Waals surface area contributed by atoms with Gasteiger partial charge in [0.25, 0.3) is 0 Å². The molecule has 52 heavy (non-hydrogen) atoms. The van der Waals surface area contributed by atoms with Crippen molar-refractivity contribution in [3.63, 3.8) is 0 Å². The summed E-state index contributed by atoms with van der Waals surface area (Å²) >= 11 is 0. The molecule has 0 bridgehead atoms. The smallest absolute Gasteiger partial charge is 0.305 e. The summed E-state index contributed by atoms with van der Waals surface area (Å²) in [4.78, 5) is 0. The van der Waals surface area contributed by atoms with Crippen LogP contribution in [-0.2, 0) is 28.4 Å². The maximum atomic E-state index is 11.1. The Labute approximate surface area is 293 Å². The molecule has 0 radical (unpaired) electrons. The van der Waals surface area contributed by atoms with Crippen molar-refractivity contribution < 1.29 is 99.5 Å². The fraction of sp³-hybridized carbons (Fsp3) is 0.562. The lowest BCUT2D eigenvalue weighted by Crippen LogP contribution is -2.63. The van der Waals surface area contributed by atoms with Gasteiger partial charge in [-0.15, -0.1) is 0 Å². The zero-order valence-electron chi connectivity index (χ0n) is 27.0. The van der Waals surface area contributed by atoms with E-state index in [2.05, 4.69) is 4.74 Å². The molecule has 6 rings (SSSR count). The molecule has 5 aliphatic rings. The van der Waals surface area contributed by atoms with Crippen LogP contribution in [0.2, 0.25) is 0 Å². The molecule has 3 fully saturated rings. The first-order valence-corrected chi connectivity index (χ1v) is 16.1. The van der Waals surface area contributed by atoms with Crippen LogP contribution in [0.1, 0.15) is 5.56 Å². The van der Waals surface area contributed by atoms with E-state index in [1.807, 2.05) is 0 Å². The molecule has 15 atom stereocenters. The molecule has 1 aromatic carbocycles. The van der Waals surface area contributed by atoms with Gasteiger partial charge in [-0.2, -0.15) is 0 Å². The lowest BCUT2D eigenvalue weighted by atomic mass is 9.96. The number of hydrogen-bond acceptors (Lipinski definition) is 19. The monoisotopic (exact) mass is 745 g/mol. The number of hydrogen-bond donors (Lipinski definition) is 13. The fourth-order valence-corrected chi connectivity index (χ4v) is 6.18. The van der Waals surface area contributed by atoms with Gasteiger partial charge in [0.15, 0.2) is 23.9 Å². The molecule has 4 aliphatic heterocycles. The Morgan fingerprint density at radius 2 is 1.35 bits per heavy atom. The molecule has 20 nitrogen and oxygen atoms in total. The molecule has 15 unspecified atom stereocenters. The average molecular weight is 746 g/mol. The summed E-state index contributed by atoms with van der Waals surface area (Å²) in [6.07, 6.45) is -21.0. The Morgan fingerprint density at radius 3 is 2.02 bits per heavy atom. The predicted octanol–water partition coefficient (Wildman–Crippen LogP) is -4.96. The van der Waals surface area contributed by atoms with Gasteiger partial charge < -0.3 is 99.5 Å². The van der Waals surface area contributed by atoms with Crippen LogP contribution in [0, 0.1) is 0 Å². The first kappa shape index (κ1) is 38.2. The fourth-order valence-electron chi connectivity index (χ4n) is 6.18. The third-order valence-corrected chi connectivity index (χ3v) is 9.15. The van der Waals surface area contributed by atoms with E-state index in [0.717, 1.165) is 18.2 Å². The number of benzene rings is 1. The molecule has 3 saturated heterocycles. The van der Waals surface area contributed by atoms with E-state index < -0.39 is 123 Å². The van der Waals surface area contributed by atoms with Gasteiger partial charge in [0.05, 0.1) is 37.0 Å². The maximum absolute atomic E-state index is 11.1. The summed E-state index contributed by atoms with van der Waals surface area (Å²) in [7, 11) is 0. The second-order valence-electron chi connectivity index (χ2n) is 12.7. The van der Waals surface area contributed by atoms with Crippen molar-refractivity contribution in [3.05, 3.63) is 64.8 Å². The standard InChI is InChI=1S/C32H40O20/c33-7-19-22(40)24(42)27(45)31(50-19)48-17-5-11(35)4-16-12(17)6-18(28(47-16)10-1-2-13(36)14(37)3-10)49-32-29(25(43)23(41)20(8-34)51-32)52-30-26(44)21(39)15(38)9-46-30/h1-6,15-16,19-27,29-45H,7-9H2/p+1. The zero-order valence-corrected chi connectivity index (χ0v) is 27.0. The highest BCUT2D eigenvalue weighted by Crippen LogP contribution is 2.40. The van der Waals surface area contributed by atoms with Gasteiger partial charge in [0.2, 0.25) is 24.4 Å². The second kappa shape index (κ2) is 15.4. The largest absolute Gasteiger partial charge is 0.571 e. The minimum atomic E-state index is -1.88. The number of fused-ring (bicyclic) bond motifs is 1. The molecular weight excluding hydrogens is 704 g/mol. The Bertz CT molecular complexity index is 1570. The van der Waals surface area contributed by atoms with E-state index in [4.69, 9.17) is 28.4 Å². The highest BCUT2D eigenvalue weighted by Gasteiger charge is 2.51. The SMILES string of the molecule is OCC1OC(OC2=CC(O)=CC3[OH+]C(c4ccc(O)c(O)c4)=C(OC4OC(CO)C(O)C(O)C4OC4OCC(O)C(O)C4O)C=C23)C(O)C(O)C1O. The first-order valence-electron chi connectivity index (χ1n) is 16.1. The molecule has 14 N–H and O–H groups in total. The normalized spacial score (nSPS) is 40.9. The van der Waals surface area contributed by atoms with E-state index in [1.165, 1.54) is 18.2 Å². The van der Waals surface area contributed by atoms with E-state index in [1.54, 1.807) is 0 Å². The summed E-state index contributed by atoms with van der Waals surface area (Å²) in [6.45, 7) is -2.04. The number of phenols is 2. The van der Waals surface area contributed by atoms with Gasteiger partial charge in [0, 0.05) is 18.2 Å². The molecule has 0 amide bonds. The number of aromatic hydroxyl groups is 2. The Morgan fingerprint density at radius 1 is 0.692 bits per heavy atom. The molecule has 4 heterocycles. The van der Waals surface area contributed by atoms with Crippen LogP contribution in [0.25, 0.3) is 5.76 Å². The van der Waals surface area contributed by atoms with Crippen LogP contribution in [0.5, 0.6) is 11.5 Å². The van der Waals surface area contributed by atoms with Crippen LogP contribution in [-0.4, -0.2) is 183 Å². The summed E-state index contributed by atoms with van der Waals surface area (Å²) in [6, 6.07) is 3.64. The van der Waals surface area contributed by atoms with Crippen LogP contribution in [0.4, 0.5) is 0 Å². The van der Waals surface area contributed by atoms with Crippen molar-refractivity contribution >= 4 is 5.76 Å². The minimum absolute atomic E-state index is 0.0572. The number of rotatable bonds is 9. The number of ether oxygens (including phenoxy) is 7. The molecule has 288 valence electrons. The Balaban J connectivity index is 1.38. The van der Waals surface area contributed by atoms with Crippen LogP contribution < -0.4 is 0 Å². The molecule has 1 aromatic rings. The van der Waals surface area contributed by atoms with E-state index in [-0.39, 0.29) is 34.2 Å². The lowest BCUT2D eigenvalue weighted by molar-refractivity contribution is -0.351. The van der Waals surface area contributed by atoms with Crippen molar-refractivity contribution in [1.82, 2.24) is 0 Å². The van der Waals surface area contributed by atoms with Gasteiger partial charge in [-0.05, 0) is 12.1 Å². The molecule has 0 saturated carbocycles. The summed E-state index contributed by atoms with van der Waals surface area (Å²) in [5.41, 5.74) is 0.252. The Hall–Kier alpha value is -3.58. The zero-order chi connectivity index (χ0) is 37.6. The van der Waals surface area contributed by atoms with Gasteiger partial charge in [-0.1, -0.05) is 0 Å². The topological polar surface area (TPSA) is 331 Å². The van der Waals surface area contributed by atoms with Crippen molar-refractivity contribution in [2.45, 2.75) is 92.1 Å². The predicted molar refractivity (Wildman–Crippen MR) is 166 cm³/mol. The quantitative estimate of drug-likeness (QED) is 0.0831. The van der Waals surface area contributed by atoms with Crippen LogP contribution in [0.15, 0.2) is 59.3 Å². The van der Waals surface area contributed by atoms with E-state index in [9.17, 15) is 66.4 Å². The van der Waals surface area contributed by atoms with Crippen molar-refractivity contribution in [2.24, 2.45) is 0 Å². The van der Waals surface area contributed by atoms with Crippen molar-refractivity contribution in [2.75, 3.05) is 19.8 Å². The molecular formula is C32H41O20+. The highest BCUT2D eigenvalue weighted by atomic mass is 16.8. The summed E-state index contributed by atoms with van der Waals surface area (Å²) in [5, 5.41) is 134. The van der Waals surface area contributed by atoms with E-state index in [0.29, 0.717) is 0 Å². The third kappa shape index (κ3) is 7.31. The van der Waals surface area contributed by atoms with Crippen LogP contribution >= 0.6 is 0 Å². The molecule has 20 heteroatoms.